The van der Waals surface area contributed by atoms with Gasteiger partial charge < -0.3 is 5.32 Å². The molecule has 0 atom stereocenters. The molecular weight excluding hydrogens is 282 g/mol. The van der Waals surface area contributed by atoms with Crippen LogP contribution in [0, 0.1) is 34.0 Å². The van der Waals surface area contributed by atoms with Gasteiger partial charge in [0.25, 0.3) is 0 Å². The highest BCUT2D eigenvalue weighted by Crippen LogP contribution is 2.28. The topological polar surface area (TPSA) is 95.8 Å². The minimum atomic E-state index is -0.138. The van der Waals surface area contributed by atoms with Crippen molar-refractivity contribution in [1.29, 1.82) is 15.8 Å². The van der Waals surface area contributed by atoms with Gasteiger partial charge in [-0.1, -0.05) is 30.3 Å². The Balaban J connectivity index is 2.66. The number of aliphatic imine (C=N–C) groups is 1. The molecule has 0 amide bonds. The predicted molar refractivity (Wildman–Crippen MR) is 80.5 cm³/mol. The number of nitrogens with zero attached hydrogens (tertiary/aromatic N) is 4. The molecule has 1 N–H and O–H groups in total. The van der Waals surface area contributed by atoms with Gasteiger partial charge in [-0.15, -0.1) is 11.8 Å². The number of hydrogen-bond donors (Lipinski definition) is 1. The molecule has 0 aromatic heterocycles. The lowest BCUT2D eigenvalue weighted by Gasteiger charge is -2.19. The van der Waals surface area contributed by atoms with E-state index in [1.165, 1.54) is 11.8 Å². The van der Waals surface area contributed by atoms with Crippen LogP contribution in [0.2, 0.25) is 0 Å². The van der Waals surface area contributed by atoms with E-state index in [2.05, 4.69) is 10.3 Å². The van der Waals surface area contributed by atoms with Crippen LogP contribution in [0.3, 0.4) is 0 Å². The summed E-state index contributed by atoms with van der Waals surface area (Å²) in [4.78, 5) is 4.40. The first-order valence-corrected chi connectivity index (χ1v) is 7.12. The predicted octanol–water partition coefficient (Wildman–Crippen LogP) is 2.44. The fraction of sp³-hybridized carbons (Fsp3) is 0.0667. The monoisotopic (exact) mass is 291 g/mol. The largest absolute Gasteiger partial charge is 0.337 e. The van der Waals surface area contributed by atoms with Crippen LogP contribution in [0.15, 0.2) is 57.2 Å². The highest BCUT2D eigenvalue weighted by Gasteiger charge is 2.23. The molecule has 0 unspecified atom stereocenters. The Bertz CT molecular complexity index is 766. The van der Waals surface area contributed by atoms with Gasteiger partial charge in [0, 0.05) is 5.56 Å². The number of nitrogens with one attached hydrogen (secondary N) is 1. The van der Waals surface area contributed by atoms with Gasteiger partial charge in [0.05, 0.1) is 5.70 Å². The molecule has 1 aromatic carbocycles. The lowest BCUT2D eigenvalue weighted by atomic mass is 10.1. The maximum atomic E-state index is 9.28. The average Bonchev–Trinajstić information content (AvgIpc) is 2.56. The van der Waals surface area contributed by atoms with E-state index in [9.17, 15) is 5.26 Å². The summed E-state index contributed by atoms with van der Waals surface area (Å²) in [5.74, 6) is 0.511. The summed E-state index contributed by atoms with van der Waals surface area (Å²) < 4.78 is 0. The Kier molecular flexibility index (Phi) is 4.41. The van der Waals surface area contributed by atoms with Gasteiger partial charge in [0.2, 0.25) is 0 Å². The maximum absolute atomic E-state index is 9.28. The number of nitriles is 3. The van der Waals surface area contributed by atoms with E-state index < -0.39 is 0 Å². The van der Waals surface area contributed by atoms with Crippen molar-refractivity contribution in [3.8, 4) is 18.2 Å². The molecule has 100 valence electrons. The summed E-state index contributed by atoms with van der Waals surface area (Å²) in [7, 11) is 0. The van der Waals surface area contributed by atoms with Crippen molar-refractivity contribution < 1.29 is 0 Å². The molecule has 1 heterocycles. The van der Waals surface area contributed by atoms with Gasteiger partial charge in [0.15, 0.2) is 5.57 Å². The highest BCUT2D eigenvalue weighted by molar-refractivity contribution is 8.02. The number of rotatable bonds is 2. The lowest BCUT2D eigenvalue weighted by Crippen LogP contribution is -2.29. The van der Waals surface area contributed by atoms with E-state index in [0.29, 0.717) is 10.9 Å². The number of amidine groups is 1. The van der Waals surface area contributed by atoms with E-state index in [0.717, 1.165) is 5.56 Å². The summed E-state index contributed by atoms with van der Waals surface area (Å²) in [6.07, 6.45) is 1.79. The van der Waals surface area contributed by atoms with Crippen molar-refractivity contribution in [1.82, 2.24) is 5.32 Å². The third kappa shape index (κ3) is 2.79. The molecule has 0 aliphatic carbocycles. The van der Waals surface area contributed by atoms with Gasteiger partial charge in [-0.25, -0.2) is 4.99 Å². The van der Waals surface area contributed by atoms with Gasteiger partial charge in [-0.3, -0.25) is 0 Å². The van der Waals surface area contributed by atoms with Crippen LogP contribution in [-0.2, 0) is 0 Å². The molecule has 0 spiro atoms. The molecule has 0 fully saturated rings. The van der Waals surface area contributed by atoms with E-state index in [1.54, 1.807) is 6.26 Å². The number of thioether (sulfide) groups is 1. The second-order valence-corrected chi connectivity index (χ2v) is 4.72. The highest BCUT2D eigenvalue weighted by atomic mass is 32.2. The van der Waals surface area contributed by atoms with E-state index >= 15 is 0 Å². The molecular formula is C15H9N5S. The summed E-state index contributed by atoms with van der Waals surface area (Å²) in [6.45, 7) is 0. The lowest BCUT2D eigenvalue weighted by molar-refractivity contribution is 1.08. The average molecular weight is 291 g/mol. The molecule has 0 saturated carbocycles. The molecule has 21 heavy (non-hydrogen) atoms. The molecule has 1 aromatic rings. The number of hydrogen-bond acceptors (Lipinski definition) is 6. The number of allylic oxidation sites excluding steroid dienone is 2. The first kappa shape index (κ1) is 14.4. The molecule has 1 aliphatic rings. The van der Waals surface area contributed by atoms with E-state index in [4.69, 9.17) is 10.5 Å². The zero-order chi connectivity index (χ0) is 15.2. The minimum absolute atomic E-state index is 0.138. The van der Waals surface area contributed by atoms with Gasteiger partial charge in [-0.05, 0) is 6.26 Å². The van der Waals surface area contributed by atoms with Crippen LogP contribution >= 0.6 is 11.8 Å². The molecule has 0 bridgehead atoms. The van der Waals surface area contributed by atoms with Crippen molar-refractivity contribution in [2.24, 2.45) is 4.99 Å². The van der Waals surface area contributed by atoms with Crippen LogP contribution in [0.5, 0.6) is 0 Å². The summed E-state index contributed by atoms with van der Waals surface area (Å²) in [5, 5.41) is 30.8. The molecule has 5 nitrogen and oxygen atoms in total. The van der Waals surface area contributed by atoms with Crippen molar-refractivity contribution >= 4 is 17.6 Å². The normalized spacial score (nSPS) is 13.4. The second-order valence-electron chi connectivity index (χ2n) is 3.92. The molecule has 0 radical (unpaired) electrons. The fourth-order valence-electron chi connectivity index (χ4n) is 1.78. The summed E-state index contributed by atoms with van der Waals surface area (Å²) in [6, 6.07) is 14.9. The van der Waals surface area contributed by atoms with Crippen LogP contribution in [0.1, 0.15) is 5.56 Å². The van der Waals surface area contributed by atoms with Gasteiger partial charge in [0.1, 0.15) is 34.6 Å². The fourth-order valence-corrected chi connectivity index (χ4v) is 2.32. The van der Waals surface area contributed by atoms with E-state index in [1.807, 2.05) is 48.5 Å². The standard InChI is InChI=1S/C15H9N5S/c1-21-15-12(9-18)13(11(7-16)8-17)19-14(20-15)10-5-3-2-4-6-10/h2-6H,1H3,(H,19,20). The SMILES string of the molecule is CSC1=C(C#N)C(=C(C#N)C#N)NC(c2ccccc2)=N1. The van der Waals surface area contributed by atoms with Crippen LogP contribution in [0.4, 0.5) is 0 Å². The summed E-state index contributed by atoms with van der Waals surface area (Å²) in [5.41, 5.74) is 1.09. The van der Waals surface area contributed by atoms with Crippen LogP contribution < -0.4 is 5.32 Å². The second kappa shape index (κ2) is 6.43. The molecule has 2 rings (SSSR count). The Morgan fingerprint density at radius 2 is 1.81 bits per heavy atom. The van der Waals surface area contributed by atoms with Gasteiger partial charge in [-0.2, -0.15) is 15.8 Å². The first-order chi connectivity index (χ1) is 10.2. The first-order valence-electron chi connectivity index (χ1n) is 5.89. The summed E-state index contributed by atoms with van der Waals surface area (Å²) >= 11 is 1.30. The third-order valence-electron chi connectivity index (χ3n) is 2.75. The minimum Gasteiger partial charge on any atom is -0.337 e. The molecule has 1 aliphatic heterocycles. The third-order valence-corrected chi connectivity index (χ3v) is 3.43. The quantitative estimate of drug-likeness (QED) is 0.844. The number of benzene rings is 1. The van der Waals surface area contributed by atoms with Crippen LogP contribution in [0.25, 0.3) is 0 Å². The maximum Gasteiger partial charge on any atom is 0.154 e. The van der Waals surface area contributed by atoms with E-state index in [-0.39, 0.29) is 16.8 Å². The Morgan fingerprint density at radius 3 is 2.33 bits per heavy atom. The van der Waals surface area contributed by atoms with Crippen molar-refractivity contribution in [3.05, 3.63) is 57.8 Å². The van der Waals surface area contributed by atoms with Crippen LogP contribution in [-0.4, -0.2) is 12.1 Å². The molecule has 6 heteroatoms. The van der Waals surface area contributed by atoms with Gasteiger partial charge >= 0.3 is 0 Å². The zero-order valence-corrected chi connectivity index (χ0v) is 11.9. The van der Waals surface area contributed by atoms with Crippen molar-refractivity contribution in [2.75, 3.05) is 6.26 Å². The smallest absolute Gasteiger partial charge is 0.154 e. The van der Waals surface area contributed by atoms with Crippen molar-refractivity contribution in [2.45, 2.75) is 0 Å². The zero-order valence-electron chi connectivity index (χ0n) is 11.1. The Morgan fingerprint density at radius 1 is 1.14 bits per heavy atom. The molecule has 0 saturated heterocycles. The van der Waals surface area contributed by atoms with Crippen molar-refractivity contribution in [3.63, 3.8) is 0 Å². The Labute approximate surface area is 126 Å². The Hall–Kier alpha value is -3.01.